The van der Waals surface area contributed by atoms with Crippen molar-refractivity contribution in [1.82, 2.24) is 20.3 Å². The van der Waals surface area contributed by atoms with Crippen LogP contribution in [0.4, 0.5) is 4.39 Å². The number of benzene rings is 1. The minimum Gasteiger partial charge on any atom is -0.492 e. The highest BCUT2D eigenvalue weighted by Gasteiger charge is 2.22. The van der Waals surface area contributed by atoms with E-state index in [9.17, 15) is 9.18 Å². The average Bonchev–Trinajstić information content (AvgIpc) is 3.15. The van der Waals surface area contributed by atoms with Crippen LogP contribution in [0.2, 0.25) is 0 Å². The van der Waals surface area contributed by atoms with Crippen molar-refractivity contribution in [2.45, 2.75) is 32.9 Å². The Kier molecular flexibility index (Phi) is 4.92. The van der Waals surface area contributed by atoms with Crippen molar-refractivity contribution in [2.75, 3.05) is 6.61 Å². The first kappa shape index (κ1) is 16.9. The molecule has 0 spiro atoms. The molecule has 1 aliphatic heterocycles. The first-order valence-corrected chi connectivity index (χ1v) is 7.85. The first-order chi connectivity index (χ1) is 12.0. The molecule has 2 aromatic rings. The number of rotatable bonds is 5. The second-order valence-corrected chi connectivity index (χ2v) is 5.66. The van der Waals surface area contributed by atoms with Crippen LogP contribution in [-0.4, -0.2) is 39.4 Å². The number of carbonyl (C=O) groups is 1. The standard InChI is InChI=1S/C16H18FN5O3/c1-10-9-14(20-25-10)18-16(23)15-11(2)22(21-19-15)7-8-24-13-5-3-12(17)4-6-13/h3-6,10H,7-9H2,1-2H3,(H,18,20,23)/t10-/m0/s1. The normalized spacial score (nSPS) is 16.3. The summed E-state index contributed by atoms with van der Waals surface area (Å²) < 4.78 is 19.9. The summed E-state index contributed by atoms with van der Waals surface area (Å²) in [4.78, 5) is 17.3. The molecule has 0 bridgehead atoms. The molecule has 1 amide bonds. The van der Waals surface area contributed by atoms with E-state index in [1.807, 2.05) is 6.92 Å². The van der Waals surface area contributed by atoms with Crippen molar-refractivity contribution >= 4 is 11.7 Å². The van der Waals surface area contributed by atoms with Crippen LogP contribution in [0.25, 0.3) is 0 Å². The summed E-state index contributed by atoms with van der Waals surface area (Å²) in [5.74, 6) is 0.345. The van der Waals surface area contributed by atoms with Gasteiger partial charge in [0, 0.05) is 6.42 Å². The molecule has 0 aliphatic carbocycles. The minimum atomic E-state index is -0.375. The van der Waals surface area contributed by atoms with Gasteiger partial charge in [0.15, 0.2) is 11.5 Å². The summed E-state index contributed by atoms with van der Waals surface area (Å²) in [5.41, 5.74) is 0.844. The van der Waals surface area contributed by atoms with E-state index in [1.165, 1.54) is 12.1 Å². The van der Waals surface area contributed by atoms with Crippen LogP contribution in [0.3, 0.4) is 0 Å². The van der Waals surface area contributed by atoms with Gasteiger partial charge in [0.2, 0.25) is 0 Å². The zero-order valence-corrected chi connectivity index (χ0v) is 13.9. The maximum Gasteiger partial charge on any atom is 0.279 e. The number of amides is 1. The van der Waals surface area contributed by atoms with Crippen LogP contribution in [-0.2, 0) is 11.4 Å². The molecule has 3 rings (SSSR count). The number of hydrogen-bond acceptors (Lipinski definition) is 6. The summed E-state index contributed by atoms with van der Waals surface area (Å²) in [5, 5.41) is 14.3. The van der Waals surface area contributed by atoms with Crippen molar-refractivity contribution in [2.24, 2.45) is 5.16 Å². The summed E-state index contributed by atoms with van der Waals surface area (Å²) in [6.07, 6.45) is 0.500. The summed E-state index contributed by atoms with van der Waals surface area (Å²) in [6, 6.07) is 5.76. The lowest BCUT2D eigenvalue weighted by atomic mass is 10.2. The van der Waals surface area contributed by atoms with Gasteiger partial charge in [0.25, 0.3) is 5.91 Å². The molecule has 1 N–H and O–H groups in total. The van der Waals surface area contributed by atoms with Gasteiger partial charge in [-0.05, 0) is 38.1 Å². The van der Waals surface area contributed by atoms with Crippen LogP contribution >= 0.6 is 0 Å². The van der Waals surface area contributed by atoms with Gasteiger partial charge in [-0.2, -0.15) is 0 Å². The largest absolute Gasteiger partial charge is 0.492 e. The van der Waals surface area contributed by atoms with E-state index in [-0.39, 0.29) is 23.5 Å². The Hall–Kier alpha value is -2.97. The second kappa shape index (κ2) is 7.29. The van der Waals surface area contributed by atoms with Gasteiger partial charge in [-0.3, -0.25) is 4.79 Å². The molecule has 25 heavy (non-hydrogen) atoms. The van der Waals surface area contributed by atoms with E-state index in [2.05, 4.69) is 20.8 Å². The lowest BCUT2D eigenvalue weighted by Gasteiger charge is -2.07. The van der Waals surface area contributed by atoms with Crippen LogP contribution in [0.15, 0.2) is 29.4 Å². The van der Waals surface area contributed by atoms with Crippen molar-refractivity contribution < 1.29 is 18.8 Å². The Morgan fingerprint density at radius 1 is 1.44 bits per heavy atom. The van der Waals surface area contributed by atoms with E-state index in [4.69, 9.17) is 9.57 Å². The Morgan fingerprint density at radius 3 is 2.88 bits per heavy atom. The monoisotopic (exact) mass is 347 g/mol. The number of amidine groups is 1. The zero-order valence-electron chi connectivity index (χ0n) is 13.9. The Labute approximate surface area is 143 Å². The molecule has 8 nitrogen and oxygen atoms in total. The highest BCUT2D eigenvalue weighted by atomic mass is 19.1. The van der Waals surface area contributed by atoms with Crippen LogP contribution < -0.4 is 10.1 Å². The molecule has 0 fully saturated rings. The Morgan fingerprint density at radius 2 is 2.20 bits per heavy atom. The second-order valence-electron chi connectivity index (χ2n) is 5.66. The summed E-state index contributed by atoms with van der Waals surface area (Å²) in [6.45, 7) is 4.34. The SMILES string of the molecule is Cc1c(C(=O)NC2=NO[C@@H](C)C2)nnn1CCOc1ccc(F)cc1. The Bertz CT molecular complexity index is 788. The molecule has 132 valence electrons. The fourth-order valence-corrected chi connectivity index (χ4v) is 2.33. The van der Waals surface area contributed by atoms with E-state index in [1.54, 1.807) is 23.7 Å². The fraction of sp³-hybridized carbons (Fsp3) is 0.375. The van der Waals surface area contributed by atoms with Crippen molar-refractivity contribution in [3.63, 3.8) is 0 Å². The average molecular weight is 347 g/mol. The number of nitrogens with one attached hydrogen (secondary N) is 1. The number of carbonyl (C=O) groups excluding carboxylic acids is 1. The number of aromatic nitrogens is 3. The van der Waals surface area contributed by atoms with Gasteiger partial charge >= 0.3 is 0 Å². The van der Waals surface area contributed by atoms with Gasteiger partial charge in [-0.15, -0.1) is 5.10 Å². The molecule has 9 heteroatoms. The maximum atomic E-state index is 12.8. The topological polar surface area (TPSA) is 90.6 Å². The van der Waals surface area contributed by atoms with Crippen LogP contribution in [0.5, 0.6) is 5.75 Å². The number of oxime groups is 1. The first-order valence-electron chi connectivity index (χ1n) is 7.85. The van der Waals surface area contributed by atoms with E-state index >= 15 is 0 Å². The molecular formula is C16H18FN5O3. The van der Waals surface area contributed by atoms with Gasteiger partial charge < -0.3 is 14.9 Å². The highest BCUT2D eigenvalue weighted by molar-refractivity contribution is 6.06. The van der Waals surface area contributed by atoms with Crippen molar-refractivity contribution in [3.8, 4) is 5.75 Å². The minimum absolute atomic E-state index is 0.0457. The quantitative estimate of drug-likeness (QED) is 0.888. The summed E-state index contributed by atoms with van der Waals surface area (Å²) in [7, 11) is 0. The third-order valence-electron chi connectivity index (χ3n) is 3.66. The third-order valence-corrected chi connectivity index (χ3v) is 3.66. The lowest BCUT2D eigenvalue weighted by Crippen LogP contribution is -2.30. The van der Waals surface area contributed by atoms with Gasteiger partial charge in [-0.25, -0.2) is 9.07 Å². The van der Waals surface area contributed by atoms with Crippen molar-refractivity contribution in [1.29, 1.82) is 0 Å². The van der Waals surface area contributed by atoms with Gasteiger partial charge in [0.05, 0.1) is 12.2 Å². The highest BCUT2D eigenvalue weighted by Crippen LogP contribution is 2.12. The summed E-state index contributed by atoms with van der Waals surface area (Å²) >= 11 is 0. The van der Waals surface area contributed by atoms with Crippen LogP contribution in [0.1, 0.15) is 29.5 Å². The molecule has 0 radical (unpaired) electrons. The Balaban J connectivity index is 1.55. The predicted octanol–water partition coefficient (Wildman–Crippen LogP) is 1.66. The van der Waals surface area contributed by atoms with E-state index in [0.717, 1.165) is 0 Å². The fourth-order valence-electron chi connectivity index (χ4n) is 2.33. The third kappa shape index (κ3) is 4.11. The molecule has 0 unspecified atom stereocenters. The van der Waals surface area contributed by atoms with Crippen LogP contribution in [0, 0.1) is 12.7 Å². The number of hydrogen-bond donors (Lipinski definition) is 1. The zero-order chi connectivity index (χ0) is 17.8. The number of halogens is 1. The van der Waals surface area contributed by atoms with Gasteiger partial charge in [-0.1, -0.05) is 10.4 Å². The molecule has 2 heterocycles. The van der Waals surface area contributed by atoms with E-state index < -0.39 is 0 Å². The molecule has 0 saturated heterocycles. The molecular weight excluding hydrogens is 329 g/mol. The molecule has 1 aromatic carbocycles. The number of ether oxygens (including phenoxy) is 1. The van der Waals surface area contributed by atoms with Gasteiger partial charge in [0.1, 0.15) is 24.3 Å². The van der Waals surface area contributed by atoms with E-state index in [0.29, 0.717) is 36.9 Å². The molecule has 0 saturated carbocycles. The predicted molar refractivity (Wildman–Crippen MR) is 86.7 cm³/mol. The lowest BCUT2D eigenvalue weighted by molar-refractivity contribution is 0.0962. The van der Waals surface area contributed by atoms with Crippen molar-refractivity contribution in [3.05, 3.63) is 41.5 Å². The molecule has 1 aromatic heterocycles. The molecule has 1 aliphatic rings. The number of nitrogens with zero attached hydrogens (tertiary/aromatic N) is 4. The smallest absolute Gasteiger partial charge is 0.279 e. The molecule has 1 atom stereocenters. The maximum absolute atomic E-state index is 12.8.